The van der Waals surface area contributed by atoms with E-state index in [0.717, 1.165) is 0 Å². The second-order valence-electron chi connectivity index (χ2n) is 3.06. The van der Waals surface area contributed by atoms with Crippen LogP contribution < -0.4 is 4.74 Å². The van der Waals surface area contributed by atoms with Crippen molar-refractivity contribution in [3.63, 3.8) is 0 Å². The monoisotopic (exact) mass is 238 g/mol. The summed E-state index contributed by atoms with van der Waals surface area (Å²) in [5.74, 6) is 0.182. The normalized spacial score (nSPS) is 10.2. The minimum absolute atomic E-state index is 0.115. The summed E-state index contributed by atoms with van der Waals surface area (Å²) < 4.78 is 18.3. The molecular weight excluding hydrogens is 231 g/mol. The van der Waals surface area contributed by atoms with Crippen LogP contribution in [-0.2, 0) is 0 Å². The summed E-state index contributed by atoms with van der Waals surface area (Å²) in [5.41, 5.74) is 1.07. The molecule has 0 N–H and O–H groups in total. The van der Waals surface area contributed by atoms with Crippen LogP contribution in [0, 0.1) is 5.82 Å². The average molecular weight is 239 g/mol. The van der Waals surface area contributed by atoms with Gasteiger partial charge < -0.3 is 4.74 Å². The molecule has 2 rings (SSSR count). The number of hydrogen-bond acceptors (Lipinski definition) is 3. The number of ether oxygens (including phenoxy) is 1. The molecule has 0 spiro atoms. The third-order valence-corrected chi connectivity index (χ3v) is 2.25. The maximum absolute atomic E-state index is 13.1. The van der Waals surface area contributed by atoms with Gasteiger partial charge in [-0.2, -0.15) is 0 Å². The van der Waals surface area contributed by atoms with Crippen molar-refractivity contribution in [2.24, 2.45) is 0 Å². The van der Waals surface area contributed by atoms with E-state index in [0.29, 0.717) is 17.0 Å². The molecule has 0 fully saturated rings. The highest BCUT2D eigenvalue weighted by Gasteiger charge is 2.09. The summed E-state index contributed by atoms with van der Waals surface area (Å²) in [7, 11) is 1.51. The van der Waals surface area contributed by atoms with E-state index in [1.54, 1.807) is 12.1 Å². The second kappa shape index (κ2) is 4.45. The predicted molar refractivity (Wildman–Crippen MR) is 59.0 cm³/mol. The molecule has 0 saturated carbocycles. The van der Waals surface area contributed by atoms with Crippen LogP contribution in [0.1, 0.15) is 0 Å². The van der Waals surface area contributed by atoms with Gasteiger partial charge in [-0.1, -0.05) is 0 Å². The van der Waals surface area contributed by atoms with E-state index < -0.39 is 0 Å². The highest BCUT2D eigenvalue weighted by Crippen LogP contribution is 2.29. The Morgan fingerprint density at radius 3 is 2.81 bits per heavy atom. The summed E-state index contributed by atoms with van der Waals surface area (Å²) in [4.78, 5) is 7.76. The van der Waals surface area contributed by atoms with Crippen LogP contribution in [0.25, 0.3) is 11.3 Å². The molecule has 1 aromatic heterocycles. The molecule has 3 nitrogen and oxygen atoms in total. The summed E-state index contributed by atoms with van der Waals surface area (Å²) in [6, 6.07) is 5.85. The molecule has 0 amide bonds. The molecule has 0 saturated heterocycles. The van der Waals surface area contributed by atoms with Gasteiger partial charge in [0.2, 0.25) is 5.28 Å². The molecule has 0 aliphatic rings. The molecule has 0 atom stereocenters. The third kappa shape index (κ3) is 2.12. The standard InChI is InChI=1S/C11H8ClFN2O/c1-16-10-3-2-7(13)6-8(10)9-4-5-14-11(12)15-9/h2-6H,1H3. The Bertz CT molecular complexity index is 519. The largest absolute Gasteiger partial charge is 0.496 e. The molecule has 0 aliphatic carbocycles. The van der Waals surface area contributed by atoms with Crippen molar-refractivity contribution in [2.45, 2.75) is 0 Å². The first-order valence-electron chi connectivity index (χ1n) is 4.53. The van der Waals surface area contributed by atoms with E-state index in [9.17, 15) is 4.39 Å². The Morgan fingerprint density at radius 2 is 2.12 bits per heavy atom. The molecule has 1 heterocycles. The highest BCUT2D eigenvalue weighted by molar-refractivity contribution is 6.28. The van der Waals surface area contributed by atoms with Gasteiger partial charge in [-0.05, 0) is 35.9 Å². The number of benzene rings is 1. The van der Waals surface area contributed by atoms with Crippen LogP contribution in [0.4, 0.5) is 4.39 Å². The van der Waals surface area contributed by atoms with E-state index >= 15 is 0 Å². The Labute approximate surface area is 96.9 Å². The first-order chi connectivity index (χ1) is 7.70. The quantitative estimate of drug-likeness (QED) is 0.755. The Morgan fingerprint density at radius 1 is 1.31 bits per heavy atom. The number of halogens is 2. The molecule has 82 valence electrons. The van der Waals surface area contributed by atoms with Crippen molar-refractivity contribution in [2.75, 3.05) is 7.11 Å². The van der Waals surface area contributed by atoms with Gasteiger partial charge in [0.25, 0.3) is 0 Å². The minimum Gasteiger partial charge on any atom is -0.496 e. The van der Waals surface area contributed by atoms with Gasteiger partial charge in [-0.25, -0.2) is 14.4 Å². The molecule has 0 radical (unpaired) electrons. The van der Waals surface area contributed by atoms with E-state index in [1.165, 1.54) is 25.4 Å². The molecule has 16 heavy (non-hydrogen) atoms. The van der Waals surface area contributed by atoms with Crippen molar-refractivity contribution in [3.8, 4) is 17.0 Å². The van der Waals surface area contributed by atoms with Crippen LogP contribution in [0.3, 0.4) is 0 Å². The van der Waals surface area contributed by atoms with Gasteiger partial charge in [-0.15, -0.1) is 0 Å². The van der Waals surface area contributed by atoms with Crippen LogP contribution >= 0.6 is 11.6 Å². The molecular formula is C11H8ClFN2O. The Hall–Kier alpha value is -1.68. The van der Waals surface area contributed by atoms with E-state index in [2.05, 4.69) is 9.97 Å². The second-order valence-corrected chi connectivity index (χ2v) is 3.39. The van der Waals surface area contributed by atoms with Crippen molar-refractivity contribution < 1.29 is 9.13 Å². The first-order valence-corrected chi connectivity index (χ1v) is 4.91. The number of rotatable bonds is 2. The zero-order chi connectivity index (χ0) is 11.5. The topological polar surface area (TPSA) is 35.0 Å². The minimum atomic E-state index is -0.356. The number of hydrogen-bond donors (Lipinski definition) is 0. The van der Waals surface area contributed by atoms with E-state index in [4.69, 9.17) is 16.3 Å². The molecule has 0 aliphatic heterocycles. The summed E-state index contributed by atoms with van der Waals surface area (Å²) in [6.45, 7) is 0. The first kappa shape index (κ1) is 10.8. The summed E-state index contributed by atoms with van der Waals surface area (Å²) in [5, 5.41) is 0.115. The highest BCUT2D eigenvalue weighted by atomic mass is 35.5. The zero-order valence-corrected chi connectivity index (χ0v) is 9.20. The molecule has 0 unspecified atom stereocenters. The van der Waals surface area contributed by atoms with Gasteiger partial charge in [0.05, 0.1) is 12.8 Å². The number of nitrogens with zero attached hydrogens (tertiary/aromatic N) is 2. The fourth-order valence-corrected chi connectivity index (χ4v) is 1.51. The van der Waals surface area contributed by atoms with Crippen LogP contribution in [0.5, 0.6) is 5.75 Å². The van der Waals surface area contributed by atoms with Gasteiger partial charge in [0.15, 0.2) is 0 Å². The SMILES string of the molecule is COc1ccc(F)cc1-c1ccnc(Cl)n1. The summed E-state index contributed by atoms with van der Waals surface area (Å²) >= 11 is 5.67. The summed E-state index contributed by atoms with van der Waals surface area (Å²) in [6.07, 6.45) is 1.51. The maximum atomic E-state index is 13.1. The van der Waals surface area contributed by atoms with Crippen molar-refractivity contribution >= 4 is 11.6 Å². The maximum Gasteiger partial charge on any atom is 0.222 e. The number of methoxy groups -OCH3 is 1. The fraction of sp³-hybridized carbons (Fsp3) is 0.0909. The smallest absolute Gasteiger partial charge is 0.222 e. The molecule has 0 bridgehead atoms. The van der Waals surface area contributed by atoms with Gasteiger partial charge in [-0.3, -0.25) is 0 Å². The fourth-order valence-electron chi connectivity index (χ4n) is 1.37. The van der Waals surface area contributed by atoms with E-state index in [1.807, 2.05) is 0 Å². The van der Waals surface area contributed by atoms with E-state index in [-0.39, 0.29) is 11.1 Å². The van der Waals surface area contributed by atoms with Gasteiger partial charge >= 0.3 is 0 Å². The van der Waals surface area contributed by atoms with Crippen LogP contribution in [-0.4, -0.2) is 17.1 Å². The Balaban J connectivity index is 2.58. The lowest BCUT2D eigenvalue weighted by molar-refractivity contribution is 0.415. The lowest BCUT2D eigenvalue weighted by Crippen LogP contribution is -1.92. The van der Waals surface area contributed by atoms with Gasteiger partial charge in [0.1, 0.15) is 11.6 Å². The predicted octanol–water partition coefficient (Wildman–Crippen LogP) is 2.94. The van der Waals surface area contributed by atoms with Gasteiger partial charge in [0, 0.05) is 11.8 Å². The van der Waals surface area contributed by atoms with Crippen molar-refractivity contribution in [3.05, 3.63) is 41.6 Å². The number of aromatic nitrogens is 2. The zero-order valence-electron chi connectivity index (χ0n) is 8.45. The van der Waals surface area contributed by atoms with Crippen LogP contribution in [0.2, 0.25) is 5.28 Å². The third-order valence-electron chi connectivity index (χ3n) is 2.06. The lowest BCUT2D eigenvalue weighted by Gasteiger charge is -2.07. The molecule has 5 heteroatoms. The lowest BCUT2D eigenvalue weighted by atomic mass is 10.1. The van der Waals surface area contributed by atoms with Crippen LogP contribution in [0.15, 0.2) is 30.5 Å². The molecule has 2 aromatic rings. The van der Waals surface area contributed by atoms with Crippen molar-refractivity contribution in [1.29, 1.82) is 0 Å². The van der Waals surface area contributed by atoms with Crippen molar-refractivity contribution in [1.82, 2.24) is 9.97 Å². The average Bonchev–Trinajstić information content (AvgIpc) is 2.29. The molecule has 1 aromatic carbocycles. The Kier molecular flexibility index (Phi) is 3.01.